The number of aromatic nitrogens is 2. The van der Waals surface area contributed by atoms with Crippen molar-refractivity contribution >= 4 is 29.2 Å². The number of anilines is 1. The number of rotatable bonds is 5. The zero-order valence-electron chi connectivity index (χ0n) is 15.1. The highest BCUT2D eigenvalue weighted by molar-refractivity contribution is 6.30. The Hall–Kier alpha value is -3.96. The Labute approximate surface area is 172 Å². The van der Waals surface area contributed by atoms with Crippen LogP contribution in [0.5, 0.6) is 0 Å². The molecule has 2 aromatic heterocycles. The topological polar surface area (TPSA) is 115 Å². The van der Waals surface area contributed by atoms with Crippen LogP contribution in [0.3, 0.4) is 0 Å². The predicted molar refractivity (Wildman–Crippen MR) is 110 cm³/mol. The van der Waals surface area contributed by atoms with E-state index in [1.165, 1.54) is 0 Å². The first kappa shape index (κ1) is 19.8. The number of pyridine rings is 2. The lowest BCUT2D eigenvalue weighted by Gasteiger charge is -2.17. The van der Waals surface area contributed by atoms with E-state index in [0.717, 1.165) is 0 Å². The molecule has 0 fully saturated rings. The molecule has 0 spiro atoms. The van der Waals surface area contributed by atoms with E-state index in [9.17, 15) is 4.79 Å². The van der Waals surface area contributed by atoms with Crippen molar-refractivity contribution in [2.75, 3.05) is 5.32 Å². The van der Waals surface area contributed by atoms with Crippen LogP contribution in [0.1, 0.15) is 22.2 Å². The molecule has 8 nitrogen and oxygen atoms in total. The molecule has 2 heterocycles. The first-order valence-corrected chi connectivity index (χ1v) is 8.91. The quantitative estimate of drug-likeness (QED) is 0.260. The molecule has 9 heteroatoms. The van der Waals surface area contributed by atoms with Crippen LogP contribution in [-0.4, -0.2) is 21.8 Å². The maximum absolute atomic E-state index is 12.7. The number of benzene rings is 1. The largest absolute Gasteiger partial charge is 0.325 e. The summed E-state index contributed by atoms with van der Waals surface area (Å²) in [7, 11) is 0. The number of nitrogens with one attached hydrogen (secondary N) is 3. The highest BCUT2D eigenvalue weighted by atomic mass is 35.5. The first-order valence-electron chi connectivity index (χ1n) is 8.53. The van der Waals surface area contributed by atoms with Crippen molar-refractivity contribution in [1.29, 1.82) is 5.26 Å². The van der Waals surface area contributed by atoms with Gasteiger partial charge in [0, 0.05) is 23.0 Å². The van der Waals surface area contributed by atoms with E-state index in [1.54, 1.807) is 73.2 Å². The van der Waals surface area contributed by atoms with Gasteiger partial charge in [-0.25, -0.2) is 4.99 Å². The van der Waals surface area contributed by atoms with Crippen molar-refractivity contribution in [1.82, 2.24) is 20.6 Å². The number of hydrogen-bond donors (Lipinski definition) is 3. The summed E-state index contributed by atoms with van der Waals surface area (Å²) in [6, 6.07) is 15.3. The fraction of sp³-hybridized carbons (Fsp3) is 0.0500. The molecule has 0 radical (unpaired) electrons. The number of guanidine groups is 1. The van der Waals surface area contributed by atoms with Gasteiger partial charge < -0.3 is 10.6 Å². The normalized spacial score (nSPS) is 11.8. The third-order valence-corrected chi connectivity index (χ3v) is 3.95. The number of hydrogen-bond acceptors (Lipinski definition) is 5. The summed E-state index contributed by atoms with van der Waals surface area (Å²) < 4.78 is 0. The zero-order valence-corrected chi connectivity index (χ0v) is 15.8. The zero-order chi connectivity index (χ0) is 20.5. The monoisotopic (exact) mass is 405 g/mol. The molecule has 0 aliphatic rings. The van der Waals surface area contributed by atoms with Crippen molar-refractivity contribution in [3.8, 4) is 6.19 Å². The van der Waals surface area contributed by atoms with Crippen LogP contribution in [0.2, 0.25) is 5.02 Å². The van der Waals surface area contributed by atoms with Gasteiger partial charge in [-0.05, 0) is 48.5 Å². The van der Waals surface area contributed by atoms with Crippen molar-refractivity contribution in [2.24, 2.45) is 4.99 Å². The number of nitriles is 1. The molecule has 0 aliphatic heterocycles. The van der Waals surface area contributed by atoms with Gasteiger partial charge in [0.1, 0.15) is 0 Å². The summed E-state index contributed by atoms with van der Waals surface area (Å²) in [4.78, 5) is 25.4. The summed E-state index contributed by atoms with van der Waals surface area (Å²) in [5, 5.41) is 17.8. The Balaban J connectivity index is 1.89. The number of carbonyl (C=O) groups is 1. The molecule has 1 amide bonds. The van der Waals surface area contributed by atoms with Gasteiger partial charge in [-0.2, -0.15) is 5.26 Å². The number of aliphatic imine (C=N–C) groups is 1. The molecular formula is C20H16ClN7O. The van der Waals surface area contributed by atoms with Gasteiger partial charge in [0.25, 0.3) is 5.91 Å². The molecule has 0 saturated carbocycles. The molecular weight excluding hydrogens is 390 g/mol. The lowest BCUT2D eigenvalue weighted by Crippen LogP contribution is -2.33. The Morgan fingerprint density at radius 2 is 1.93 bits per heavy atom. The first-order chi connectivity index (χ1) is 14.2. The van der Waals surface area contributed by atoms with Crippen LogP contribution in [0.4, 0.5) is 5.69 Å². The van der Waals surface area contributed by atoms with Crippen LogP contribution in [0.25, 0.3) is 0 Å². The number of amides is 1. The predicted octanol–water partition coefficient (Wildman–Crippen LogP) is 3.10. The Morgan fingerprint density at radius 3 is 2.59 bits per heavy atom. The molecule has 1 unspecified atom stereocenters. The van der Waals surface area contributed by atoms with E-state index in [-0.39, 0.29) is 11.9 Å². The summed E-state index contributed by atoms with van der Waals surface area (Å²) in [5.74, 6) is -0.230. The number of halogens is 1. The molecule has 0 saturated heterocycles. The van der Waals surface area contributed by atoms with Crippen molar-refractivity contribution in [2.45, 2.75) is 6.17 Å². The third-order valence-electron chi connectivity index (χ3n) is 3.70. The van der Waals surface area contributed by atoms with Crippen LogP contribution in [0.15, 0.2) is 78.2 Å². The molecule has 0 aliphatic carbocycles. The van der Waals surface area contributed by atoms with E-state index < -0.39 is 6.17 Å². The summed E-state index contributed by atoms with van der Waals surface area (Å²) in [5.41, 5.74) is 1.54. The standard InChI is InChI=1S/C20H16ClN7O/c21-15-8-6-14(7-9-15)19(29)27-18(17-5-1-2-11-24-17)28-20(25-13-22)26-16-4-3-10-23-12-16/h1-12,18H,(H,27,29)(H2,25,26,28). The minimum absolute atomic E-state index is 0.132. The van der Waals surface area contributed by atoms with Crippen molar-refractivity contribution in [3.63, 3.8) is 0 Å². The van der Waals surface area contributed by atoms with Crippen LogP contribution in [-0.2, 0) is 0 Å². The molecule has 3 N–H and O–H groups in total. The fourth-order valence-corrected chi connectivity index (χ4v) is 2.50. The average Bonchev–Trinajstić information content (AvgIpc) is 2.75. The minimum Gasteiger partial charge on any atom is -0.325 e. The van der Waals surface area contributed by atoms with Crippen molar-refractivity contribution < 1.29 is 4.79 Å². The molecule has 1 atom stereocenters. The second kappa shape index (κ2) is 9.82. The Kier molecular flexibility index (Phi) is 6.71. The number of carbonyl (C=O) groups excluding carboxylic acids is 1. The minimum atomic E-state index is -0.848. The van der Waals surface area contributed by atoms with Gasteiger partial charge in [0.2, 0.25) is 5.96 Å². The number of nitrogens with zero attached hydrogens (tertiary/aromatic N) is 4. The Bertz CT molecular complexity index is 1020. The average molecular weight is 406 g/mol. The smallest absolute Gasteiger partial charge is 0.253 e. The molecule has 144 valence electrons. The lowest BCUT2D eigenvalue weighted by atomic mass is 10.2. The van der Waals surface area contributed by atoms with Gasteiger partial charge in [-0.1, -0.05) is 17.7 Å². The highest BCUT2D eigenvalue weighted by Crippen LogP contribution is 2.15. The maximum Gasteiger partial charge on any atom is 0.253 e. The van der Waals surface area contributed by atoms with Gasteiger partial charge >= 0.3 is 0 Å². The van der Waals surface area contributed by atoms with Gasteiger partial charge in [-0.3, -0.25) is 20.1 Å². The van der Waals surface area contributed by atoms with Crippen LogP contribution in [0, 0.1) is 11.5 Å². The molecule has 1 aromatic carbocycles. The van der Waals surface area contributed by atoms with Crippen LogP contribution >= 0.6 is 11.6 Å². The summed E-state index contributed by atoms with van der Waals surface area (Å²) in [6.07, 6.45) is 5.78. The third kappa shape index (κ3) is 5.76. The van der Waals surface area contributed by atoms with Gasteiger partial charge in [0.15, 0.2) is 12.4 Å². The lowest BCUT2D eigenvalue weighted by molar-refractivity contribution is 0.0937. The fourth-order valence-electron chi connectivity index (χ4n) is 2.37. The molecule has 3 aromatic rings. The van der Waals surface area contributed by atoms with Crippen LogP contribution < -0.4 is 16.0 Å². The summed E-state index contributed by atoms with van der Waals surface area (Å²) >= 11 is 5.88. The van der Waals surface area contributed by atoms with E-state index in [0.29, 0.717) is 22.0 Å². The molecule has 3 rings (SSSR count). The maximum atomic E-state index is 12.7. The van der Waals surface area contributed by atoms with E-state index in [1.807, 2.05) is 6.19 Å². The van der Waals surface area contributed by atoms with E-state index in [4.69, 9.17) is 16.9 Å². The second-order valence-corrected chi connectivity index (χ2v) is 6.16. The van der Waals surface area contributed by atoms with E-state index in [2.05, 4.69) is 30.9 Å². The van der Waals surface area contributed by atoms with Gasteiger partial charge in [-0.15, -0.1) is 0 Å². The molecule has 0 bridgehead atoms. The van der Waals surface area contributed by atoms with Crippen molar-refractivity contribution in [3.05, 3.63) is 89.5 Å². The molecule has 29 heavy (non-hydrogen) atoms. The SMILES string of the molecule is N#CNC(=NC(NC(=O)c1ccc(Cl)cc1)c1ccccn1)Nc1cccnc1. The van der Waals surface area contributed by atoms with E-state index >= 15 is 0 Å². The Morgan fingerprint density at radius 1 is 1.10 bits per heavy atom. The second-order valence-electron chi connectivity index (χ2n) is 5.72. The summed E-state index contributed by atoms with van der Waals surface area (Å²) in [6.45, 7) is 0. The highest BCUT2D eigenvalue weighted by Gasteiger charge is 2.17. The van der Waals surface area contributed by atoms with Gasteiger partial charge in [0.05, 0.1) is 17.6 Å².